The Hall–Kier alpha value is -3.86. The van der Waals surface area contributed by atoms with Gasteiger partial charge in [0.1, 0.15) is 0 Å². The zero-order valence-corrected chi connectivity index (χ0v) is 15.0. The van der Waals surface area contributed by atoms with E-state index >= 15 is 0 Å². The Bertz CT molecular complexity index is 1370. The van der Waals surface area contributed by atoms with Crippen LogP contribution in [0.25, 0.3) is 32.9 Å². The lowest BCUT2D eigenvalue weighted by Gasteiger charge is -2.09. The molecule has 5 rings (SSSR count). The number of benzene rings is 2. The summed E-state index contributed by atoms with van der Waals surface area (Å²) in [4.78, 5) is 25.6. The van der Waals surface area contributed by atoms with Crippen LogP contribution < -0.4 is 5.56 Å². The van der Waals surface area contributed by atoms with Gasteiger partial charge in [0.15, 0.2) is 0 Å². The van der Waals surface area contributed by atoms with Crippen molar-refractivity contribution in [3.8, 4) is 11.1 Å². The molecular weight excluding hydrogens is 348 g/mol. The van der Waals surface area contributed by atoms with Gasteiger partial charge < -0.3 is 0 Å². The standard InChI is InChI=1S/C23H16N4O/c28-23-20-8-9-24-13-22(20)26-15-27(23)14-16-4-3-6-17(10-16)19-11-18-5-1-2-7-21(18)25-12-19/h1-13,15H,14H2. The highest BCUT2D eigenvalue weighted by Crippen LogP contribution is 2.23. The van der Waals surface area contributed by atoms with E-state index in [1.165, 1.54) is 0 Å². The smallest absolute Gasteiger partial charge is 0.261 e. The number of pyridine rings is 2. The van der Waals surface area contributed by atoms with Crippen LogP contribution in [0.2, 0.25) is 0 Å². The van der Waals surface area contributed by atoms with Crippen molar-refractivity contribution in [2.24, 2.45) is 0 Å². The lowest BCUT2D eigenvalue weighted by atomic mass is 10.0. The Morgan fingerprint density at radius 3 is 2.71 bits per heavy atom. The average Bonchev–Trinajstić information content (AvgIpc) is 2.76. The molecule has 5 aromatic rings. The highest BCUT2D eigenvalue weighted by atomic mass is 16.1. The van der Waals surface area contributed by atoms with Gasteiger partial charge in [0.2, 0.25) is 0 Å². The third-order valence-corrected chi connectivity index (χ3v) is 4.83. The molecule has 0 bridgehead atoms. The third-order valence-electron chi connectivity index (χ3n) is 4.83. The molecule has 0 fully saturated rings. The van der Waals surface area contributed by atoms with Crippen molar-refractivity contribution in [2.75, 3.05) is 0 Å². The van der Waals surface area contributed by atoms with E-state index in [4.69, 9.17) is 0 Å². The number of hydrogen-bond donors (Lipinski definition) is 0. The summed E-state index contributed by atoms with van der Waals surface area (Å²) in [6, 6.07) is 20.1. The molecular formula is C23H16N4O. The summed E-state index contributed by atoms with van der Waals surface area (Å²) in [6.45, 7) is 0.457. The quantitative estimate of drug-likeness (QED) is 0.484. The lowest BCUT2D eigenvalue weighted by Crippen LogP contribution is -2.21. The molecule has 0 unspecified atom stereocenters. The topological polar surface area (TPSA) is 60.7 Å². The predicted molar refractivity (Wildman–Crippen MR) is 110 cm³/mol. The predicted octanol–water partition coefficient (Wildman–Crippen LogP) is 4.06. The van der Waals surface area contributed by atoms with Crippen LogP contribution in [0.3, 0.4) is 0 Å². The first-order valence-corrected chi connectivity index (χ1v) is 9.01. The molecule has 3 heterocycles. The number of para-hydroxylation sites is 1. The first-order chi connectivity index (χ1) is 13.8. The maximum absolute atomic E-state index is 12.7. The lowest BCUT2D eigenvalue weighted by molar-refractivity contribution is 0.748. The summed E-state index contributed by atoms with van der Waals surface area (Å²) in [7, 11) is 0. The molecule has 134 valence electrons. The molecule has 0 saturated carbocycles. The van der Waals surface area contributed by atoms with Crippen molar-refractivity contribution in [3.05, 3.63) is 101 Å². The monoisotopic (exact) mass is 364 g/mol. The molecule has 0 atom stereocenters. The third kappa shape index (κ3) is 2.93. The number of rotatable bonds is 3. The zero-order valence-electron chi connectivity index (χ0n) is 15.0. The van der Waals surface area contributed by atoms with E-state index in [-0.39, 0.29) is 5.56 Å². The summed E-state index contributed by atoms with van der Waals surface area (Å²) in [5.74, 6) is 0. The van der Waals surface area contributed by atoms with Crippen molar-refractivity contribution >= 4 is 21.8 Å². The largest absolute Gasteiger partial charge is 0.294 e. The van der Waals surface area contributed by atoms with E-state index in [0.29, 0.717) is 17.4 Å². The van der Waals surface area contributed by atoms with Gasteiger partial charge in [-0.1, -0.05) is 36.4 Å². The molecule has 3 aromatic heterocycles. The van der Waals surface area contributed by atoms with Gasteiger partial charge in [-0.15, -0.1) is 0 Å². The summed E-state index contributed by atoms with van der Waals surface area (Å²) >= 11 is 0. The van der Waals surface area contributed by atoms with Gasteiger partial charge >= 0.3 is 0 Å². The van der Waals surface area contributed by atoms with E-state index in [2.05, 4.69) is 39.2 Å². The SMILES string of the molecule is O=c1c2ccncc2ncn1Cc1cccc(-c2cnc3ccccc3c2)c1. The minimum absolute atomic E-state index is 0.0647. The van der Waals surface area contributed by atoms with E-state index in [9.17, 15) is 4.79 Å². The van der Waals surface area contributed by atoms with Gasteiger partial charge in [0, 0.05) is 23.3 Å². The van der Waals surface area contributed by atoms with E-state index in [1.54, 1.807) is 29.4 Å². The van der Waals surface area contributed by atoms with Crippen molar-refractivity contribution in [1.29, 1.82) is 0 Å². The second-order valence-electron chi connectivity index (χ2n) is 6.69. The molecule has 0 aliphatic rings. The second-order valence-corrected chi connectivity index (χ2v) is 6.69. The Kier molecular flexibility index (Phi) is 3.91. The Labute approximate surface area is 161 Å². The molecule has 0 spiro atoms. The first kappa shape index (κ1) is 16.3. The van der Waals surface area contributed by atoms with Crippen molar-refractivity contribution in [1.82, 2.24) is 19.5 Å². The Balaban J connectivity index is 1.52. The van der Waals surface area contributed by atoms with E-state index in [0.717, 1.165) is 27.6 Å². The molecule has 28 heavy (non-hydrogen) atoms. The molecule has 0 aliphatic carbocycles. The fourth-order valence-corrected chi connectivity index (χ4v) is 3.40. The molecule has 0 saturated heterocycles. The fraction of sp³-hybridized carbons (Fsp3) is 0.0435. The summed E-state index contributed by atoms with van der Waals surface area (Å²) in [6.07, 6.45) is 6.69. The molecule has 5 nitrogen and oxygen atoms in total. The van der Waals surface area contributed by atoms with Crippen LogP contribution in [0.4, 0.5) is 0 Å². The van der Waals surface area contributed by atoms with Gasteiger partial charge in [0.25, 0.3) is 5.56 Å². The normalized spacial score (nSPS) is 11.1. The van der Waals surface area contributed by atoms with Crippen molar-refractivity contribution in [3.63, 3.8) is 0 Å². The summed E-state index contributed by atoms with van der Waals surface area (Å²) in [5.41, 5.74) is 4.68. The fourth-order valence-electron chi connectivity index (χ4n) is 3.40. The van der Waals surface area contributed by atoms with Crippen LogP contribution in [0.15, 0.2) is 90.4 Å². The average molecular weight is 364 g/mol. The zero-order chi connectivity index (χ0) is 18.9. The number of hydrogen-bond acceptors (Lipinski definition) is 4. The summed E-state index contributed by atoms with van der Waals surface area (Å²) < 4.78 is 1.63. The van der Waals surface area contributed by atoms with E-state index in [1.807, 2.05) is 36.5 Å². The van der Waals surface area contributed by atoms with Crippen LogP contribution in [0, 0.1) is 0 Å². The van der Waals surface area contributed by atoms with Crippen LogP contribution in [-0.2, 0) is 6.54 Å². The van der Waals surface area contributed by atoms with Gasteiger partial charge in [-0.2, -0.15) is 0 Å². The van der Waals surface area contributed by atoms with Crippen LogP contribution in [-0.4, -0.2) is 19.5 Å². The Morgan fingerprint density at radius 1 is 0.821 bits per heavy atom. The highest BCUT2D eigenvalue weighted by molar-refractivity contribution is 5.83. The molecule has 0 amide bonds. The second kappa shape index (κ2) is 6.70. The van der Waals surface area contributed by atoms with Gasteiger partial charge in [-0.25, -0.2) is 4.98 Å². The number of fused-ring (bicyclic) bond motifs is 2. The minimum Gasteiger partial charge on any atom is -0.294 e. The van der Waals surface area contributed by atoms with Crippen molar-refractivity contribution in [2.45, 2.75) is 6.54 Å². The van der Waals surface area contributed by atoms with E-state index < -0.39 is 0 Å². The first-order valence-electron chi connectivity index (χ1n) is 9.01. The molecule has 5 heteroatoms. The Morgan fingerprint density at radius 2 is 1.75 bits per heavy atom. The van der Waals surface area contributed by atoms with Crippen molar-refractivity contribution < 1.29 is 0 Å². The van der Waals surface area contributed by atoms with Gasteiger partial charge in [-0.05, 0) is 35.4 Å². The minimum atomic E-state index is -0.0647. The van der Waals surface area contributed by atoms with Crippen LogP contribution in [0.1, 0.15) is 5.56 Å². The number of aromatic nitrogens is 4. The molecule has 0 N–H and O–H groups in total. The molecule has 0 radical (unpaired) electrons. The highest BCUT2D eigenvalue weighted by Gasteiger charge is 2.06. The van der Waals surface area contributed by atoms with Gasteiger partial charge in [-0.3, -0.25) is 19.3 Å². The summed E-state index contributed by atoms with van der Waals surface area (Å²) in [5, 5.41) is 1.68. The maximum atomic E-state index is 12.7. The van der Waals surface area contributed by atoms with Crippen LogP contribution >= 0.6 is 0 Å². The number of nitrogens with zero attached hydrogens (tertiary/aromatic N) is 4. The molecule has 0 aliphatic heterocycles. The maximum Gasteiger partial charge on any atom is 0.261 e. The van der Waals surface area contributed by atoms with Crippen LogP contribution in [0.5, 0.6) is 0 Å². The molecule has 2 aromatic carbocycles. The van der Waals surface area contributed by atoms with Gasteiger partial charge in [0.05, 0.1) is 35.5 Å².